The largest absolute Gasteiger partial charge is 0.378 e. The second kappa shape index (κ2) is 7.93. The van der Waals surface area contributed by atoms with Crippen molar-refractivity contribution in [2.75, 3.05) is 45.8 Å². The van der Waals surface area contributed by atoms with Crippen LogP contribution in [0.4, 0.5) is 0 Å². The summed E-state index contributed by atoms with van der Waals surface area (Å²) in [6.07, 6.45) is 2.82. The number of hydrogen-bond acceptors (Lipinski definition) is 4. The van der Waals surface area contributed by atoms with Crippen LogP contribution in [0.3, 0.4) is 0 Å². The zero-order chi connectivity index (χ0) is 18.9. The molecule has 4 nitrogen and oxygen atoms in total. The van der Waals surface area contributed by atoms with E-state index in [0.717, 1.165) is 24.1 Å². The lowest BCUT2D eigenvalue weighted by molar-refractivity contribution is -0.0162. The molecule has 4 heterocycles. The molecule has 0 spiro atoms. The first-order chi connectivity index (χ1) is 13.0. The number of benzene rings is 1. The zero-order valence-corrected chi connectivity index (χ0v) is 16.8. The lowest BCUT2D eigenvalue weighted by Gasteiger charge is -2.51. The summed E-state index contributed by atoms with van der Waals surface area (Å²) in [5.74, 6) is 6.86. The first kappa shape index (κ1) is 19.0. The quantitative estimate of drug-likeness (QED) is 0.828. The van der Waals surface area contributed by atoms with Crippen LogP contribution in [-0.2, 0) is 6.54 Å². The van der Waals surface area contributed by atoms with Crippen LogP contribution in [0, 0.1) is 17.8 Å². The van der Waals surface area contributed by atoms with E-state index in [0.29, 0.717) is 0 Å². The molecule has 4 aliphatic heterocycles. The van der Waals surface area contributed by atoms with Crippen molar-refractivity contribution >= 4 is 0 Å². The maximum atomic E-state index is 9.71. The third kappa shape index (κ3) is 4.92. The van der Waals surface area contributed by atoms with Crippen molar-refractivity contribution in [3.05, 3.63) is 35.4 Å². The van der Waals surface area contributed by atoms with Gasteiger partial charge in [0.25, 0.3) is 0 Å². The van der Waals surface area contributed by atoms with Crippen LogP contribution in [0.25, 0.3) is 0 Å². The first-order valence-electron chi connectivity index (χ1n) is 10.5. The van der Waals surface area contributed by atoms with E-state index in [1.165, 1.54) is 64.2 Å². The second-order valence-electron chi connectivity index (χ2n) is 9.02. The number of nitrogens with zero attached hydrogens (tertiary/aromatic N) is 3. The van der Waals surface area contributed by atoms with E-state index in [4.69, 9.17) is 0 Å². The van der Waals surface area contributed by atoms with Crippen molar-refractivity contribution in [1.29, 1.82) is 0 Å². The molecule has 4 aliphatic rings. The summed E-state index contributed by atoms with van der Waals surface area (Å²) in [5.41, 5.74) is 1.38. The van der Waals surface area contributed by atoms with E-state index >= 15 is 0 Å². The van der Waals surface area contributed by atoms with Gasteiger partial charge >= 0.3 is 0 Å². The van der Waals surface area contributed by atoms with Gasteiger partial charge in [0.2, 0.25) is 0 Å². The minimum atomic E-state index is -0.937. The van der Waals surface area contributed by atoms with Crippen molar-refractivity contribution in [3.63, 3.8) is 0 Å². The lowest BCUT2D eigenvalue weighted by atomic mass is 9.83. The number of hydrogen-bond donors (Lipinski definition) is 1. The Morgan fingerprint density at radius 2 is 1.67 bits per heavy atom. The Labute approximate surface area is 164 Å². The molecule has 27 heavy (non-hydrogen) atoms. The predicted molar refractivity (Wildman–Crippen MR) is 109 cm³/mol. The molecule has 1 aromatic rings. The Morgan fingerprint density at radius 1 is 1.00 bits per heavy atom. The van der Waals surface area contributed by atoms with E-state index < -0.39 is 5.60 Å². The van der Waals surface area contributed by atoms with Crippen molar-refractivity contribution in [3.8, 4) is 11.8 Å². The Morgan fingerprint density at radius 3 is 2.22 bits per heavy atom. The molecule has 0 saturated carbocycles. The topological polar surface area (TPSA) is 30.0 Å². The average molecular weight is 368 g/mol. The first-order valence-corrected chi connectivity index (χ1v) is 10.5. The Bertz CT molecular complexity index is 681. The highest BCUT2D eigenvalue weighted by molar-refractivity contribution is 5.37. The molecule has 4 fully saturated rings. The van der Waals surface area contributed by atoms with Gasteiger partial charge in [-0.15, -0.1) is 0 Å². The molecule has 4 saturated heterocycles. The van der Waals surface area contributed by atoms with Gasteiger partial charge < -0.3 is 10.0 Å². The van der Waals surface area contributed by atoms with Gasteiger partial charge in [-0.3, -0.25) is 9.80 Å². The van der Waals surface area contributed by atoms with Crippen LogP contribution in [0.1, 0.15) is 37.8 Å². The molecular formula is C23H33N3O. The number of fused-ring (bicyclic) bond motifs is 3. The molecule has 0 aliphatic carbocycles. The molecule has 2 bridgehead atoms. The zero-order valence-electron chi connectivity index (χ0n) is 16.8. The molecular weight excluding hydrogens is 334 g/mol. The fourth-order valence-electron chi connectivity index (χ4n) is 4.78. The summed E-state index contributed by atoms with van der Waals surface area (Å²) in [4.78, 5) is 8.01. The third-order valence-corrected chi connectivity index (χ3v) is 6.37. The molecule has 0 amide bonds. The standard InChI is InChI=1S/C23H33N3O/c1-23(2,27)10-7-19-3-5-20(6-4-19)17-25-13-15-26(16-14-25)22-18-24-11-8-21(22)9-12-24/h3-6,21-22,27H,8-9,11-18H2,1-2H3/t22-/m0/s1. The minimum absolute atomic E-state index is 0.809. The van der Waals surface area contributed by atoms with Gasteiger partial charge in [0.15, 0.2) is 0 Å². The van der Waals surface area contributed by atoms with Gasteiger partial charge in [0.05, 0.1) is 0 Å². The Balaban J connectivity index is 1.27. The van der Waals surface area contributed by atoms with Crippen molar-refractivity contribution < 1.29 is 5.11 Å². The molecule has 0 aromatic heterocycles. The van der Waals surface area contributed by atoms with Crippen molar-refractivity contribution in [2.24, 2.45) is 5.92 Å². The summed E-state index contributed by atoms with van der Waals surface area (Å²) < 4.78 is 0. The van der Waals surface area contributed by atoms with E-state index in [1.54, 1.807) is 13.8 Å². The number of piperazine rings is 1. The van der Waals surface area contributed by atoms with Gasteiger partial charge in [-0.25, -0.2) is 0 Å². The summed E-state index contributed by atoms with van der Waals surface area (Å²) >= 11 is 0. The lowest BCUT2D eigenvalue weighted by Crippen LogP contribution is -2.60. The molecule has 1 aromatic carbocycles. The smallest absolute Gasteiger partial charge is 0.120 e. The van der Waals surface area contributed by atoms with Gasteiger partial charge in [-0.05, 0) is 63.4 Å². The summed E-state index contributed by atoms with van der Waals surface area (Å²) in [5, 5.41) is 9.71. The molecule has 0 unspecified atom stereocenters. The van der Waals surface area contributed by atoms with Crippen LogP contribution >= 0.6 is 0 Å². The molecule has 1 N–H and O–H groups in total. The van der Waals surface area contributed by atoms with Crippen molar-refractivity contribution in [1.82, 2.24) is 14.7 Å². The van der Waals surface area contributed by atoms with E-state index in [1.807, 2.05) is 0 Å². The van der Waals surface area contributed by atoms with Gasteiger partial charge in [-0.1, -0.05) is 24.0 Å². The summed E-state index contributed by atoms with van der Waals surface area (Å²) in [6.45, 7) is 13.2. The van der Waals surface area contributed by atoms with E-state index in [-0.39, 0.29) is 0 Å². The van der Waals surface area contributed by atoms with Gasteiger partial charge in [-0.2, -0.15) is 0 Å². The van der Waals surface area contributed by atoms with Gasteiger partial charge in [0.1, 0.15) is 5.60 Å². The highest BCUT2D eigenvalue weighted by Gasteiger charge is 2.38. The van der Waals surface area contributed by atoms with Crippen LogP contribution in [0.2, 0.25) is 0 Å². The Kier molecular flexibility index (Phi) is 5.57. The molecule has 4 heteroatoms. The SMILES string of the molecule is CC(C)(O)C#Cc1ccc(CN2CCN([C@H]3CN4CCC3CC4)CC2)cc1. The van der Waals surface area contributed by atoms with Gasteiger partial charge in [0, 0.05) is 50.9 Å². The van der Waals surface area contributed by atoms with Crippen molar-refractivity contribution in [2.45, 2.75) is 44.9 Å². The molecule has 146 valence electrons. The third-order valence-electron chi connectivity index (χ3n) is 6.37. The molecule has 1 atom stereocenters. The fraction of sp³-hybridized carbons (Fsp3) is 0.652. The monoisotopic (exact) mass is 367 g/mol. The molecule has 0 radical (unpaired) electrons. The van der Waals surface area contributed by atoms with Crippen LogP contribution in [-0.4, -0.2) is 77.3 Å². The second-order valence-corrected chi connectivity index (χ2v) is 9.02. The average Bonchev–Trinajstić information content (AvgIpc) is 2.68. The predicted octanol–water partition coefficient (Wildman–Crippen LogP) is 2.02. The number of piperidine rings is 3. The Hall–Kier alpha value is -1.38. The van der Waals surface area contributed by atoms with Crippen LogP contribution in [0.5, 0.6) is 0 Å². The van der Waals surface area contributed by atoms with E-state index in [2.05, 4.69) is 50.8 Å². The molecule has 5 rings (SSSR count). The normalized spacial score (nSPS) is 29.4. The summed E-state index contributed by atoms with van der Waals surface area (Å²) in [6, 6.07) is 9.29. The maximum absolute atomic E-state index is 9.71. The minimum Gasteiger partial charge on any atom is -0.378 e. The fourth-order valence-corrected chi connectivity index (χ4v) is 4.78. The number of rotatable bonds is 3. The number of aliphatic hydroxyl groups is 1. The van der Waals surface area contributed by atoms with Crippen LogP contribution < -0.4 is 0 Å². The van der Waals surface area contributed by atoms with E-state index in [9.17, 15) is 5.11 Å². The highest BCUT2D eigenvalue weighted by atomic mass is 16.3. The highest BCUT2D eigenvalue weighted by Crippen LogP contribution is 2.31. The maximum Gasteiger partial charge on any atom is 0.120 e. The van der Waals surface area contributed by atoms with Crippen LogP contribution in [0.15, 0.2) is 24.3 Å². The summed E-state index contributed by atoms with van der Waals surface area (Å²) in [7, 11) is 0.